The van der Waals surface area contributed by atoms with Crippen LogP contribution in [0.4, 0.5) is 5.69 Å². The number of fused-ring (bicyclic) bond motifs is 1. The zero-order chi connectivity index (χ0) is 13.3. The van der Waals surface area contributed by atoms with E-state index >= 15 is 0 Å². The summed E-state index contributed by atoms with van der Waals surface area (Å²) < 4.78 is 33.4. The summed E-state index contributed by atoms with van der Waals surface area (Å²) in [4.78, 5) is 10.8. The number of carbonyl (C=O) groups is 1. The van der Waals surface area contributed by atoms with Crippen molar-refractivity contribution in [1.29, 1.82) is 0 Å². The summed E-state index contributed by atoms with van der Waals surface area (Å²) in [6.07, 6.45) is 0. The van der Waals surface area contributed by atoms with Crippen molar-refractivity contribution in [3.8, 4) is 0 Å². The molecule has 1 amide bonds. The number of carbonyl (C=O) groups excluding carboxylic acids is 1. The molecule has 5 nitrogen and oxygen atoms in total. The molecule has 0 saturated carbocycles. The van der Waals surface area contributed by atoms with Crippen molar-refractivity contribution in [2.24, 2.45) is 0 Å². The van der Waals surface area contributed by atoms with Gasteiger partial charge in [0.25, 0.3) is 0 Å². The van der Waals surface area contributed by atoms with Crippen LogP contribution in [0.2, 0.25) is 0 Å². The minimum Gasteiger partial charge on any atom is -0.744 e. The fourth-order valence-electron chi connectivity index (χ4n) is 1.79. The predicted molar refractivity (Wildman–Crippen MR) is 66.2 cm³/mol. The van der Waals surface area contributed by atoms with Gasteiger partial charge < -0.3 is 9.87 Å². The number of benzene rings is 2. The van der Waals surface area contributed by atoms with Gasteiger partial charge in [0.2, 0.25) is 5.91 Å². The van der Waals surface area contributed by atoms with Gasteiger partial charge in [0.05, 0.1) is 4.90 Å². The van der Waals surface area contributed by atoms with Gasteiger partial charge in [-0.1, -0.05) is 24.3 Å². The van der Waals surface area contributed by atoms with Gasteiger partial charge >= 0.3 is 0 Å². The highest BCUT2D eigenvalue weighted by molar-refractivity contribution is 7.86. The maximum Gasteiger partial charge on any atom is 0.221 e. The van der Waals surface area contributed by atoms with Crippen molar-refractivity contribution >= 4 is 32.5 Å². The second-order valence-electron chi connectivity index (χ2n) is 3.79. The summed E-state index contributed by atoms with van der Waals surface area (Å²) in [6, 6.07) is 9.13. The smallest absolute Gasteiger partial charge is 0.221 e. The molecule has 1 N–H and O–H groups in total. The number of hydrogen-bond donors (Lipinski definition) is 1. The first-order valence-electron chi connectivity index (χ1n) is 5.15. The van der Waals surface area contributed by atoms with Gasteiger partial charge in [-0.15, -0.1) is 0 Å². The van der Waals surface area contributed by atoms with Crippen LogP contribution < -0.4 is 5.32 Å². The number of hydrogen-bond acceptors (Lipinski definition) is 4. The molecule has 0 aromatic heterocycles. The van der Waals surface area contributed by atoms with E-state index in [2.05, 4.69) is 5.32 Å². The Kier molecular flexibility index (Phi) is 3.06. The van der Waals surface area contributed by atoms with Crippen LogP contribution in [0.5, 0.6) is 0 Å². The predicted octanol–water partition coefficient (Wildman–Crippen LogP) is 1.70. The third-order valence-corrected chi connectivity index (χ3v) is 3.36. The monoisotopic (exact) mass is 264 g/mol. The largest absolute Gasteiger partial charge is 0.744 e. The molecule has 0 aliphatic rings. The normalized spacial score (nSPS) is 11.4. The second kappa shape index (κ2) is 4.40. The van der Waals surface area contributed by atoms with E-state index in [9.17, 15) is 17.8 Å². The first-order valence-corrected chi connectivity index (χ1v) is 6.55. The van der Waals surface area contributed by atoms with E-state index in [0.717, 1.165) is 0 Å². The third kappa shape index (κ3) is 2.34. The molecule has 18 heavy (non-hydrogen) atoms. The highest BCUT2D eigenvalue weighted by Crippen LogP contribution is 2.29. The third-order valence-electron chi connectivity index (χ3n) is 2.46. The molecule has 0 aliphatic heterocycles. The molecule has 94 valence electrons. The molecule has 0 fully saturated rings. The molecule has 0 saturated heterocycles. The fourth-order valence-corrected chi connectivity index (χ4v) is 2.47. The van der Waals surface area contributed by atoms with Crippen LogP contribution in [-0.4, -0.2) is 18.9 Å². The van der Waals surface area contributed by atoms with Crippen molar-refractivity contribution in [3.63, 3.8) is 0 Å². The molecule has 2 aromatic carbocycles. The van der Waals surface area contributed by atoms with Crippen molar-refractivity contribution in [1.82, 2.24) is 0 Å². The highest BCUT2D eigenvalue weighted by Gasteiger charge is 2.10. The fraction of sp³-hybridized carbons (Fsp3) is 0.0833. The van der Waals surface area contributed by atoms with Crippen LogP contribution in [0.25, 0.3) is 10.8 Å². The molecule has 2 rings (SSSR count). The van der Waals surface area contributed by atoms with Crippen molar-refractivity contribution in [2.75, 3.05) is 5.32 Å². The molecule has 6 heteroatoms. The van der Waals surface area contributed by atoms with E-state index in [4.69, 9.17) is 0 Å². The zero-order valence-corrected chi connectivity index (χ0v) is 10.3. The van der Waals surface area contributed by atoms with Crippen LogP contribution in [-0.2, 0) is 14.9 Å². The van der Waals surface area contributed by atoms with Gasteiger partial charge in [-0.25, -0.2) is 8.42 Å². The van der Waals surface area contributed by atoms with Crippen molar-refractivity contribution in [2.45, 2.75) is 11.8 Å². The molecule has 0 radical (unpaired) electrons. The van der Waals surface area contributed by atoms with Crippen molar-refractivity contribution < 1.29 is 17.8 Å². The molecule has 0 heterocycles. The lowest BCUT2D eigenvalue weighted by Gasteiger charge is -2.13. The molecule has 0 bridgehead atoms. The van der Waals surface area contributed by atoms with Crippen LogP contribution in [0.3, 0.4) is 0 Å². The summed E-state index contributed by atoms with van der Waals surface area (Å²) in [5.41, 5.74) is 0.477. The molecular formula is C12H10NO4S-. The maximum absolute atomic E-state index is 11.1. The average molecular weight is 264 g/mol. The van der Waals surface area contributed by atoms with E-state index in [-0.39, 0.29) is 10.8 Å². The molecule has 0 atom stereocenters. The topological polar surface area (TPSA) is 86.3 Å². The Labute approximate surface area is 104 Å². The Bertz CT molecular complexity index is 722. The number of amides is 1. The van der Waals surface area contributed by atoms with Gasteiger partial charge in [-0.2, -0.15) is 0 Å². The van der Waals surface area contributed by atoms with Crippen molar-refractivity contribution in [3.05, 3.63) is 36.4 Å². The molecule has 0 aliphatic carbocycles. The average Bonchev–Trinajstić information content (AvgIpc) is 2.27. The SMILES string of the molecule is CC(=O)Nc1ccc(S(=O)(=O)[O-])c2ccccc12. The Morgan fingerprint density at radius 1 is 1.11 bits per heavy atom. The summed E-state index contributed by atoms with van der Waals surface area (Å²) in [5, 5.41) is 3.41. The van der Waals surface area contributed by atoms with E-state index in [1.807, 2.05) is 0 Å². The van der Waals surface area contributed by atoms with Crippen LogP contribution in [0.1, 0.15) is 6.92 Å². The summed E-state index contributed by atoms with van der Waals surface area (Å²) >= 11 is 0. The first-order chi connectivity index (χ1) is 8.39. The highest BCUT2D eigenvalue weighted by atomic mass is 32.2. The zero-order valence-electron chi connectivity index (χ0n) is 9.51. The van der Waals surface area contributed by atoms with Crippen LogP contribution in [0.15, 0.2) is 41.3 Å². The molecule has 0 spiro atoms. The minimum atomic E-state index is -4.54. The molecule has 0 unspecified atom stereocenters. The van der Waals surface area contributed by atoms with E-state index in [1.54, 1.807) is 18.2 Å². The van der Waals surface area contributed by atoms with Gasteiger partial charge in [-0.05, 0) is 12.1 Å². The first kappa shape index (κ1) is 12.5. The lowest BCUT2D eigenvalue weighted by atomic mass is 10.1. The molecule has 2 aromatic rings. The number of nitrogens with one attached hydrogen (secondary N) is 1. The number of rotatable bonds is 2. The summed E-state index contributed by atoms with van der Waals surface area (Å²) in [7, 11) is -4.54. The van der Waals surface area contributed by atoms with Gasteiger partial charge in [0, 0.05) is 23.4 Å². The van der Waals surface area contributed by atoms with Gasteiger partial charge in [-0.3, -0.25) is 4.79 Å². The second-order valence-corrected chi connectivity index (χ2v) is 5.14. The van der Waals surface area contributed by atoms with Gasteiger partial charge in [0.15, 0.2) is 0 Å². The quantitative estimate of drug-likeness (QED) is 0.836. The maximum atomic E-state index is 11.1. The number of anilines is 1. The van der Waals surface area contributed by atoms with Gasteiger partial charge in [0.1, 0.15) is 10.1 Å². The Morgan fingerprint density at radius 3 is 2.28 bits per heavy atom. The lowest BCUT2D eigenvalue weighted by molar-refractivity contribution is -0.114. The van der Waals surface area contributed by atoms with E-state index in [0.29, 0.717) is 16.5 Å². The van der Waals surface area contributed by atoms with E-state index in [1.165, 1.54) is 25.1 Å². The van der Waals surface area contributed by atoms with E-state index < -0.39 is 10.1 Å². The van der Waals surface area contributed by atoms with Crippen LogP contribution in [0, 0.1) is 0 Å². The summed E-state index contributed by atoms with van der Waals surface area (Å²) in [6.45, 7) is 1.35. The lowest BCUT2D eigenvalue weighted by Crippen LogP contribution is -2.07. The Hall–Kier alpha value is -1.92. The standard InChI is InChI=1S/C12H11NO4S/c1-8(14)13-11-6-7-12(18(15,16)17)10-5-3-2-4-9(10)11/h2-7H,1H3,(H,13,14)(H,15,16,17)/p-1. The minimum absolute atomic E-state index is 0.266. The summed E-state index contributed by atoms with van der Waals surface area (Å²) in [5.74, 6) is -0.266. The Balaban J connectivity index is 2.78. The molecular weight excluding hydrogens is 254 g/mol. The van der Waals surface area contributed by atoms with Crippen LogP contribution >= 0.6 is 0 Å². The Morgan fingerprint density at radius 2 is 1.72 bits per heavy atom.